The molecule has 1 heterocycles. The summed E-state index contributed by atoms with van der Waals surface area (Å²) in [6.45, 7) is 0. The quantitative estimate of drug-likeness (QED) is 0.722. The Morgan fingerprint density at radius 1 is 1.46 bits per heavy atom. The second-order valence-corrected chi connectivity index (χ2v) is 6.71. The lowest BCUT2D eigenvalue weighted by Gasteiger charge is -2.19. The molecule has 0 bridgehead atoms. The van der Waals surface area contributed by atoms with Gasteiger partial charge in [0.05, 0.1) is 24.4 Å². The molecule has 1 aliphatic rings. The Labute approximate surface area is 145 Å². The van der Waals surface area contributed by atoms with Crippen LogP contribution in [0.2, 0.25) is 0 Å². The van der Waals surface area contributed by atoms with E-state index >= 15 is 0 Å². The van der Waals surface area contributed by atoms with Gasteiger partial charge in [0, 0.05) is 4.47 Å². The lowest BCUT2D eigenvalue weighted by molar-refractivity contribution is -0.121. The average Bonchev–Trinajstić information content (AvgIpc) is 3.32. The summed E-state index contributed by atoms with van der Waals surface area (Å²) in [5, 5.41) is 12.5. The summed E-state index contributed by atoms with van der Waals surface area (Å²) in [5.74, 6) is -1.05. The molecule has 1 aromatic carbocycles. The van der Waals surface area contributed by atoms with Crippen molar-refractivity contribution < 1.29 is 14.3 Å². The van der Waals surface area contributed by atoms with Crippen molar-refractivity contribution in [3.8, 4) is 5.88 Å². The van der Waals surface area contributed by atoms with E-state index in [0.29, 0.717) is 10.0 Å². The largest absolute Gasteiger partial charge is 0.493 e. The van der Waals surface area contributed by atoms with Crippen molar-refractivity contribution in [1.82, 2.24) is 15.3 Å². The molecule has 1 aliphatic carbocycles. The first-order valence-electron chi connectivity index (χ1n) is 7.45. The third-order valence-electron chi connectivity index (χ3n) is 3.92. The first-order valence-corrected chi connectivity index (χ1v) is 8.24. The predicted molar refractivity (Wildman–Crippen MR) is 87.9 cm³/mol. The Morgan fingerprint density at radius 2 is 2.21 bits per heavy atom. The van der Waals surface area contributed by atoms with Crippen LogP contribution in [0.3, 0.4) is 0 Å². The van der Waals surface area contributed by atoms with Gasteiger partial charge < -0.3 is 15.4 Å². The Morgan fingerprint density at radius 3 is 2.83 bits per heavy atom. The molecule has 6 nitrogen and oxygen atoms in total. The van der Waals surface area contributed by atoms with Gasteiger partial charge >= 0.3 is 0 Å². The fourth-order valence-electron chi connectivity index (χ4n) is 2.62. The zero-order valence-corrected chi connectivity index (χ0v) is 14.1. The number of H-pyrrole nitrogens is 1. The maximum absolute atomic E-state index is 13.6. The highest BCUT2D eigenvalue weighted by molar-refractivity contribution is 9.10. The fraction of sp³-hybridized carbons (Fsp3) is 0.312. The lowest BCUT2D eigenvalue weighted by Crippen LogP contribution is -2.32. The SMILES string of the molecule is O=C(Cc1c(O)nc[nH]c1=O)NC(c1cc(F)cc(Br)c1)C1CC1. The van der Waals surface area contributed by atoms with E-state index in [4.69, 9.17) is 0 Å². The van der Waals surface area contributed by atoms with Crippen molar-refractivity contribution in [3.05, 3.63) is 56.3 Å². The molecule has 8 heteroatoms. The van der Waals surface area contributed by atoms with Crippen LogP contribution in [0.5, 0.6) is 5.88 Å². The lowest BCUT2D eigenvalue weighted by atomic mass is 10.0. The number of aromatic hydroxyl groups is 1. The van der Waals surface area contributed by atoms with Gasteiger partial charge in [-0.2, -0.15) is 0 Å². The number of rotatable bonds is 5. The van der Waals surface area contributed by atoms with Crippen LogP contribution < -0.4 is 10.9 Å². The first-order chi connectivity index (χ1) is 11.4. The minimum Gasteiger partial charge on any atom is -0.493 e. The molecule has 0 aliphatic heterocycles. The van der Waals surface area contributed by atoms with Gasteiger partial charge in [-0.15, -0.1) is 0 Å². The Kier molecular flexibility index (Phi) is 4.66. The Balaban J connectivity index is 1.79. The second kappa shape index (κ2) is 6.72. The van der Waals surface area contributed by atoms with Crippen LogP contribution in [0.4, 0.5) is 4.39 Å². The van der Waals surface area contributed by atoms with Crippen LogP contribution in [-0.4, -0.2) is 21.0 Å². The van der Waals surface area contributed by atoms with E-state index in [0.717, 1.165) is 19.2 Å². The zero-order valence-electron chi connectivity index (χ0n) is 12.6. The summed E-state index contributed by atoms with van der Waals surface area (Å²) < 4.78 is 14.2. The number of aromatic nitrogens is 2. The number of carbonyl (C=O) groups is 1. The van der Waals surface area contributed by atoms with E-state index in [1.807, 2.05) is 0 Å². The summed E-state index contributed by atoms with van der Waals surface area (Å²) in [6.07, 6.45) is 2.65. The van der Waals surface area contributed by atoms with Crippen molar-refractivity contribution >= 4 is 21.8 Å². The molecule has 3 rings (SSSR count). The summed E-state index contributed by atoms with van der Waals surface area (Å²) in [7, 11) is 0. The Bertz CT molecular complexity index is 815. The van der Waals surface area contributed by atoms with E-state index in [9.17, 15) is 19.1 Å². The van der Waals surface area contributed by atoms with Crippen molar-refractivity contribution in [3.63, 3.8) is 0 Å². The van der Waals surface area contributed by atoms with Gasteiger partial charge in [0.25, 0.3) is 5.56 Å². The van der Waals surface area contributed by atoms with E-state index in [2.05, 4.69) is 31.2 Å². The number of hydrogen-bond donors (Lipinski definition) is 3. The molecule has 1 fully saturated rings. The standard InChI is InChI=1S/C16H15BrFN3O3/c17-10-3-9(4-11(18)5-10)14(8-1-2-8)21-13(22)6-12-15(23)19-7-20-16(12)24/h3-5,7-8,14H,1-2,6H2,(H,21,22)(H2,19,20,23,24). The number of carbonyl (C=O) groups excluding carboxylic acids is 1. The third kappa shape index (κ3) is 3.81. The number of halogens is 2. The van der Waals surface area contributed by atoms with Gasteiger partial charge in [-0.05, 0) is 42.5 Å². The highest BCUT2D eigenvalue weighted by atomic mass is 79.9. The maximum Gasteiger partial charge on any atom is 0.258 e. The monoisotopic (exact) mass is 395 g/mol. The van der Waals surface area contributed by atoms with Gasteiger partial charge in [0.2, 0.25) is 11.8 Å². The Hall–Kier alpha value is -2.22. The molecule has 2 aromatic rings. The zero-order chi connectivity index (χ0) is 17.3. The molecular weight excluding hydrogens is 381 g/mol. The van der Waals surface area contributed by atoms with Gasteiger partial charge in [-0.1, -0.05) is 15.9 Å². The van der Waals surface area contributed by atoms with Crippen molar-refractivity contribution in [2.24, 2.45) is 5.92 Å². The molecule has 1 amide bonds. The van der Waals surface area contributed by atoms with Crippen LogP contribution in [0, 0.1) is 11.7 Å². The fourth-order valence-corrected chi connectivity index (χ4v) is 3.10. The van der Waals surface area contributed by atoms with Crippen LogP contribution in [0.15, 0.2) is 33.8 Å². The third-order valence-corrected chi connectivity index (χ3v) is 4.38. The number of nitrogens with one attached hydrogen (secondary N) is 2. The van der Waals surface area contributed by atoms with Crippen molar-refractivity contribution in [1.29, 1.82) is 0 Å². The molecule has 24 heavy (non-hydrogen) atoms. The van der Waals surface area contributed by atoms with Gasteiger partial charge in [0.15, 0.2) is 0 Å². The van der Waals surface area contributed by atoms with Gasteiger partial charge in [-0.25, -0.2) is 9.37 Å². The molecule has 3 N–H and O–H groups in total. The van der Waals surface area contributed by atoms with E-state index in [1.165, 1.54) is 12.1 Å². The molecule has 0 spiro atoms. The molecule has 1 saturated carbocycles. The number of hydrogen-bond acceptors (Lipinski definition) is 4. The molecule has 0 radical (unpaired) electrons. The summed E-state index contributed by atoms with van der Waals surface area (Å²) in [4.78, 5) is 29.9. The van der Waals surface area contributed by atoms with E-state index in [1.54, 1.807) is 6.07 Å². The normalized spacial score (nSPS) is 15.1. The summed E-state index contributed by atoms with van der Waals surface area (Å²) in [5.41, 5.74) is 0.0149. The predicted octanol–water partition coefficient (Wildman–Crippen LogP) is 2.19. The number of benzene rings is 1. The number of amides is 1. The van der Waals surface area contributed by atoms with Gasteiger partial charge in [-0.3, -0.25) is 9.59 Å². The summed E-state index contributed by atoms with van der Waals surface area (Å²) in [6, 6.07) is 4.17. The van der Waals surface area contributed by atoms with Crippen LogP contribution in [-0.2, 0) is 11.2 Å². The minimum absolute atomic E-state index is 0.0926. The topological polar surface area (TPSA) is 95.1 Å². The van der Waals surface area contributed by atoms with Crippen LogP contribution in [0.25, 0.3) is 0 Å². The maximum atomic E-state index is 13.6. The summed E-state index contributed by atoms with van der Waals surface area (Å²) >= 11 is 3.25. The number of nitrogens with zero attached hydrogens (tertiary/aromatic N) is 1. The number of aromatic amines is 1. The van der Waals surface area contributed by atoms with E-state index < -0.39 is 17.3 Å². The van der Waals surface area contributed by atoms with Crippen molar-refractivity contribution in [2.75, 3.05) is 0 Å². The molecular formula is C16H15BrFN3O3. The highest BCUT2D eigenvalue weighted by Crippen LogP contribution is 2.41. The van der Waals surface area contributed by atoms with Crippen LogP contribution >= 0.6 is 15.9 Å². The minimum atomic E-state index is -0.561. The molecule has 1 atom stereocenters. The van der Waals surface area contributed by atoms with Gasteiger partial charge in [0.1, 0.15) is 5.82 Å². The first kappa shape index (κ1) is 16.6. The smallest absolute Gasteiger partial charge is 0.258 e. The highest BCUT2D eigenvalue weighted by Gasteiger charge is 2.34. The van der Waals surface area contributed by atoms with E-state index in [-0.39, 0.29) is 29.8 Å². The van der Waals surface area contributed by atoms with Crippen LogP contribution in [0.1, 0.15) is 30.0 Å². The average molecular weight is 396 g/mol. The molecule has 1 unspecified atom stereocenters. The molecule has 126 valence electrons. The second-order valence-electron chi connectivity index (χ2n) is 5.80. The molecule has 1 aromatic heterocycles. The van der Waals surface area contributed by atoms with Crippen molar-refractivity contribution in [2.45, 2.75) is 25.3 Å². The molecule has 0 saturated heterocycles.